The number of alkyl halides is 2. The first-order valence-corrected chi connectivity index (χ1v) is 18.4. The summed E-state index contributed by atoms with van der Waals surface area (Å²) < 4.78 is 75.0. The third kappa shape index (κ3) is 6.86. The molecule has 0 radical (unpaired) electrons. The number of likely N-dealkylation sites (tertiary alicyclic amines) is 1. The number of rotatable bonds is 10. The van der Waals surface area contributed by atoms with Gasteiger partial charge in [-0.1, -0.05) is 48.0 Å². The third-order valence-electron chi connectivity index (χ3n) is 10.0. The summed E-state index contributed by atoms with van der Waals surface area (Å²) in [7, 11) is -3.24. The van der Waals surface area contributed by atoms with Crippen LogP contribution in [-0.2, 0) is 20.7 Å². The van der Waals surface area contributed by atoms with E-state index in [1.807, 2.05) is 6.07 Å². The summed E-state index contributed by atoms with van der Waals surface area (Å²) in [6.07, 6.45) is 4.43. The lowest BCUT2D eigenvalue weighted by molar-refractivity contribution is -0.143. The molecule has 4 aromatic rings. The molecule has 3 fully saturated rings. The summed E-state index contributed by atoms with van der Waals surface area (Å²) in [4.78, 5) is 15.2. The normalized spacial score (nSPS) is 20.4. The van der Waals surface area contributed by atoms with E-state index < -0.39 is 33.5 Å². The number of sulfonamides is 1. The minimum atomic E-state index is -4.60. The highest BCUT2D eigenvalue weighted by molar-refractivity contribution is 7.89. The maximum atomic E-state index is 16.8. The molecule has 2 N–H and O–H groups in total. The number of carbonyl (C=O) groups excluding carboxylic acids is 1. The van der Waals surface area contributed by atoms with Crippen molar-refractivity contribution < 1.29 is 31.5 Å². The van der Waals surface area contributed by atoms with Crippen LogP contribution in [0.25, 0.3) is 21.9 Å². The van der Waals surface area contributed by atoms with Gasteiger partial charge in [-0.2, -0.15) is 13.5 Å². The lowest BCUT2D eigenvalue weighted by Crippen LogP contribution is -2.56. The lowest BCUT2D eigenvalue weighted by Gasteiger charge is -2.31. The molecular weight excluding hydrogens is 672 g/mol. The van der Waals surface area contributed by atoms with Crippen LogP contribution >= 0.6 is 11.6 Å². The van der Waals surface area contributed by atoms with Crippen molar-refractivity contribution in [2.45, 2.75) is 48.6 Å². The van der Waals surface area contributed by atoms with Crippen molar-refractivity contribution in [1.29, 1.82) is 0 Å². The number of benzene rings is 4. The van der Waals surface area contributed by atoms with Gasteiger partial charge in [0, 0.05) is 42.3 Å². The molecule has 2 saturated heterocycles. The average molecular weight is 710 g/mol. The first-order valence-electron chi connectivity index (χ1n) is 16.6. The van der Waals surface area contributed by atoms with Gasteiger partial charge in [0.25, 0.3) is 5.92 Å². The summed E-state index contributed by atoms with van der Waals surface area (Å²) in [6, 6.07) is 18.0. The van der Waals surface area contributed by atoms with E-state index in [1.54, 1.807) is 42.5 Å². The molecule has 3 atom stereocenters. The molecule has 1 aliphatic carbocycles. The van der Waals surface area contributed by atoms with Gasteiger partial charge < -0.3 is 19.7 Å². The molecule has 0 bridgehead atoms. The van der Waals surface area contributed by atoms with Crippen molar-refractivity contribution in [1.82, 2.24) is 14.9 Å². The Kier molecular flexibility index (Phi) is 9.29. The molecule has 0 aromatic heterocycles. The van der Waals surface area contributed by atoms with Crippen molar-refractivity contribution in [2.75, 3.05) is 33.3 Å². The Bertz CT molecular complexity index is 1960. The fourth-order valence-electron chi connectivity index (χ4n) is 7.29. The molecule has 7 rings (SSSR count). The van der Waals surface area contributed by atoms with Crippen molar-refractivity contribution in [3.8, 4) is 22.6 Å². The second-order valence-electron chi connectivity index (χ2n) is 13.2. The maximum Gasteiger partial charge on any atom is 0.298 e. The van der Waals surface area contributed by atoms with Gasteiger partial charge in [-0.3, -0.25) is 4.79 Å². The van der Waals surface area contributed by atoms with E-state index >= 15 is 8.78 Å². The zero-order valence-electron chi connectivity index (χ0n) is 27.0. The Morgan fingerprint density at radius 1 is 0.939 bits per heavy atom. The molecule has 0 unspecified atom stereocenters. The van der Waals surface area contributed by atoms with Gasteiger partial charge in [0.2, 0.25) is 15.9 Å². The number of hydrogen-bond acceptors (Lipinski definition) is 6. The van der Waals surface area contributed by atoms with Crippen molar-refractivity contribution in [2.24, 2.45) is 11.8 Å². The fourth-order valence-corrected chi connectivity index (χ4v) is 8.65. The van der Waals surface area contributed by atoms with E-state index in [2.05, 4.69) is 10.0 Å². The molecule has 4 aromatic carbocycles. The minimum absolute atomic E-state index is 0.122. The van der Waals surface area contributed by atoms with E-state index in [1.165, 1.54) is 36.3 Å². The SMILES string of the molecule is COc1cc(C(F)(F)[C@H](NS(=O)(=O)c2ccc3cc(OC4CCCC4)ccc3c2)C(=O)N2C[C@H]3CNC[C@H]3C2)ccc1-c1ccc(Cl)cc1. The van der Waals surface area contributed by atoms with Crippen LogP contribution in [0.2, 0.25) is 5.02 Å². The number of halogens is 3. The number of fused-ring (bicyclic) bond motifs is 2. The van der Waals surface area contributed by atoms with E-state index in [9.17, 15) is 13.2 Å². The van der Waals surface area contributed by atoms with E-state index in [-0.39, 0.29) is 41.7 Å². The monoisotopic (exact) mass is 709 g/mol. The second-order valence-corrected chi connectivity index (χ2v) is 15.4. The standard InChI is InChI=1S/C37H38ClF2N3O5S/c1-47-34-18-28(10-15-33(34)23-6-11-29(38)12-7-23)37(39,40)35(36(44)43-21-26-19-41-20-27(26)22-43)42-49(45,46)32-14-9-24-16-31(13-8-25(24)17-32)48-30-4-2-3-5-30/h6-18,26-27,30,35,41-42H,2-5,19-22H2,1H3/t26-,27+,35-/m1/s1. The quantitative estimate of drug-likeness (QED) is 0.193. The number of carbonyl (C=O) groups is 1. The molecule has 258 valence electrons. The molecule has 2 aliphatic heterocycles. The fraction of sp³-hybridized carbons (Fsp3) is 0.378. The molecule has 8 nitrogen and oxygen atoms in total. The van der Waals surface area contributed by atoms with Crippen LogP contribution in [-0.4, -0.2) is 64.7 Å². The number of hydrogen-bond donors (Lipinski definition) is 2. The number of methoxy groups -OCH3 is 1. The molecule has 1 amide bonds. The largest absolute Gasteiger partial charge is 0.496 e. The van der Waals surface area contributed by atoms with Crippen LogP contribution in [0.15, 0.2) is 83.8 Å². The van der Waals surface area contributed by atoms with Crippen molar-refractivity contribution in [3.63, 3.8) is 0 Å². The Labute approximate surface area is 289 Å². The zero-order chi connectivity index (χ0) is 34.3. The van der Waals surface area contributed by atoms with Crippen molar-refractivity contribution in [3.05, 3.63) is 89.4 Å². The van der Waals surface area contributed by atoms with Gasteiger partial charge in [0.05, 0.1) is 18.1 Å². The smallest absolute Gasteiger partial charge is 0.298 e. The number of amides is 1. The number of nitrogens with zero attached hydrogens (tertiary/aromatic N) is 1. The molecule has 0 spiro atoms. The Balaban J connectivity index is 1.21. The van der Waals surface area contributed by atoms with Gasteiger partial charge in [-0.15, -0.1) is 0 Å². The summed E-state index contributed by atoms with van der Waals surface area (Å²) >= 11 is 6.04. The molecule has 2 heterocycles. The Morgan fingerprint density at radius 3 is 2.31 bits per heavy atom. The zero-order valence-corrected chi connectivity index (χ0v) is 28.6. The van der Waals surface area contributed by atoms with Gasteiger partial charge in [-0.25, -0.2) is 8.42 Å². The number of ether oxygens (including phenoxy) is 2. The first-order chi connectivity index (χ1) is 23.5. The summed E-state index contributed by atoms with van der Waals surface area (Å²) in [5, 5.41) is 5.14. The highest BCUT2D eigenvalue weighted by Gasteiger charge is 2.52. The second kappa shape index (κ2) is 13.5. The van der Waals surface area contributed by atoms with Crippen LogP contribution in [0.3, 0.4) is 0 Å². The summed E-state index contributed by atoms with van der Waals surface area (Å²) in [5.41, 5.74) is 0.669. The molecule has 12 heteroatoms. The Hall–Kier alpha value is -3.77. The summed E-state index contributed by atoms with van der Waals surface area (Å²) in [5.74, 6) is -3.84. The third-order valence-corrected chi connectivity index (χ3v) is 11.7. The van der Waals surface area contributed by atoms with Gasteiger partial charge >= 0.3 is 0 Å². The van der Waals surface area contributed by atoms with E-state index in [0.29, 0.717) is 40.4 Å². The molecule has 49 heavy (non-hydrogen) atoms. The van der Waals surface area contributed by atoms with Gasteiger partial charge in [0.1, 0.15) is 11.5 Å². The van der Waals surface area contributed by atoms with Gasteiger partial charge in [0.15, 0.2) is 6.04 Å². The molecular formula is C37H38ClF2N3O5S. The topological polar surface area (TPSA) is 97.0 Å². The predicted octanol–water partition coefficient (Wildman–Crippen LogP) is 6.61. The van der Waals surface area contributed by atoms with Crippen LogP contribution in [0.5, 0.6) is 11.5 Å². The minimum Gasteiger partial charge on any atom is -0.496 e. The van der Waals surface area contributed by atoms with Crippen molar-refractivity contribution >= 4 is 38.3 Å². The predicted molar refractivity (Wildman–Crippen MR) is 185 cm³/mol. The van der Waals surface area contributed by atoms with Crippen LogP contribution in [0.1, 0.15) is 31.2 Å². The van der Waals surface area contributed by atoms with Crippen LogP contribution < -0.4 is 19.5 Å². The first kappa shape index (κ1) is 33.7. The highest BCUT2D eigenvalue weighted by atomic mass is 35.5. The highest BCUT2D eigenvalue weighted by Crippen LogP contribution is 2.40. The van der Waals surface area contributed by atoms with Crippen LogP contribution in [0, 0.1) is 11.8 Å². The molecule has 3 aliphatic rings. The molecule has 1 saturated carbocycles. The van der Waals surface area contributed by atoms with Gasteiger partial charge in [-0.05, 0) is 96.3 Å². The average Bonchev–Trinajstić information content (AvgIpc) is 3.86. The van der Waals surface area contributed by atoms with Crippen LogP contribution in [0.4, 0.5) is 8.78 Å². The van der Waals surface area contributed by atoms with E-state index in [4.69, 9.17) is 21.1 Å². The van der Waals surface area contributed by atoms with E-state index in [0.717, 1.165) is 37.1 Å². The maximum absolute atomic E-state index is 16.8. The summed E-state index contributed by atoms with van der Waals surface area (Å²) in [6.45, 7) is 1.89. The lowest BCUT2D eigenvalue weighted by atomic mass is 9.96. The Morgan fingerprint density at radius 2 is 1.61 bits per heavy atom. The number of nitrogens with one attached hydrogen (secondary N) is 2.